The van der Waals surface area contributed by atoms with E-state index in [4.69, 9.17) is 16.0 Å². The quantitative estimate of drug-likeness (QED) is 0.358. The van der Waals surface area contributed by atoms with Gasteiger partial charge in [-0.05, 0) is 67.4 Å². The summed E-state index contributed by atoms with van der Waals surface area (Å²) in [5, 5.41) is 3.62. The van der Waals surface area contributed by atoms with Crippen molar-refractivity contribution >= 4 is 28.3 Å². The van der Waals surface area contributed by atoms with E-state index < -0.39 is 10.8 Å². The fraction of sp³-hybridized carbons (Fsp3) is 0.154. The SMILES string of the molecule is Cc1oc(-c2ccc(C(=O)NCCc3ccc(Cl)cc3)cc2)nc1C[S@@](=O)c1ccccc1. The standard InChI is InChI=1S/C26H23ClN2O3S/c1-18-24(17-33(31)23-5-3-2-4-6-23)29-26(32-18)21-11-9-20(10-12-21)25(30)28-16-15-19-7-13-22(27)14-8-19/h2-14H,15-17H2,1H3,(H,28,30)/t33-/m1/s1. The summed E-state index contributed by atoms with van der Waals surface area (Å²) in [5.41, 5.74) is 3.09. The molecule has 1 N–H and O–H groups in total. The molecule has 33 heavy (non-hydrogen) atoms. The van der Waals surface area contributed by atoms with E-state index in [1.165, 1.54) is 0 Å². The molecule has 7 heteroatoms. The number of aromatic nitrogens is 1. The first kappa shape index (κ1) is 23.0. The monoisotopic (exact) mass is 478 g/mol. The summed E-state index contributed by atoms with van der Waals surface area (Å²) in [6.07, 6.45) is 0.726. The lowest BCUT2D eigenvalue weighted by atomic mass is 10.1. The topological polar surface area (TPSA) is 72.2 Å². The average molecular weight is 479 g/mol. The molecule has 168 valence electrons. The number of aryl methyl sites for hydroxylation is 1. The molecule has 1 heterocycles. The zero-order valence-electron chi connectivity index (χ0n) is 18.1. The van der Waals surface area contributed by atoms with Crippen LogP contribution in [0.4, 0.5) is 0 Å². The van der Waals surface area contributed by atoms with Gasteiger partial charge in [-0.15, -0.1) is 0 Å². The second-order valence-electron chi connectivity index (χ2n) is 7.53. The Morgan fingerprint density at radius 3 is 2.39 bits per heavy atom. The smallest absolute Gasteiger partial charge is 0.251 e. The van der Waals surface area contributed by atoms with Gasteiger partial charge < -0.3 is 9.73 Å². The number of carbonyl (C=O) groups excluding carboxylic acids is 1. The first-order valence-electron chi connectivity index (χ1n) is 10.5. The van der Waals surface area contributed by atoms with Crippen molar-refractivity contribution in [2.24, 2.45) is 0 Å². The summed E-state index contributed by atoms with van der Waals surface area (Å²) >= 11 is 5.90. The molecule has 0 radical (unpaired) electrons. The molecule has 0 unspecified atom stereocenters. The van der Waals surface area contributed by atoms with Crippen LogP contribution >= 0.6 is 11.6 Å². The summed E-state index contributed by atoms with van der Waals surface area (Å²) in [6, 6.07) is 24.0. The molecule has 0 saturated carbocycles. The second-order valence-corrected chi connectivity index (χ2v) is 9.42. The van der Waals surface area contributed by atoms with Crippen LogP contribution in [0.15, 0.2) is 88.2 Å². The maximum atomic E-state index is 12.6. The van der Waals surface area contributed by atoms with Gasteiger partial charge in [-0.3, -0.25) is 9.00 Å². The van der Waals surface area contributed by atoms with Crippen LogP contribution in [-0.4, -0.2) is 21.6 Å². The summed E-state index contributed by atoms with van der Waals surface area (Å²) < 4.78 is 18.4. The van der Waals surface area contributed by atoms with E-state index in [-0.39, 0.29) is 11.7 Å². The predicted molar refractivity (Wildman–Crippen MR) is 131 cm³/mol. The number of halogens is 1. The van der Waals surface area contributed by atoms with E-state index >= 15 is 0 Å². The van der Waals surface area contributed by atoms with Crippen LogP contribution in [0.5, 0.6) is 0 Å². The largest absolute Gasteiger partial charge is 0.441 e. The van der Waals surface area contributed by atoms with Crippen LogP contribution in [0.2, 0.25) is 5.02 Å². The Balaban J connectivity index is 1.36. The lowest BCUT2D eigenvalue weighted by molar-refractivity contribution is 0.0954. The third kappa shape index (κ3) is 5.97. The van der Waals surface area contributed by atoms with Gasteiger partial charge in [0.15, 0.2) is 0 Å². The van der Waals surface area contributed by atoms with E-state index in [1.54, 1.807) is 24.3 Å². The van der Waals surface area contributed by atoms with E-state index in [1.807, 2.05) is 61.5 Å². The van der Waals surface area contributed by atoms with Gasteiger partial charge in [0.2, 0.25) is 5.89 Å². The number of nitrogens with zero attached hydrogens (tertiary/aromatic N) is 1. The molecule has 4 rings (SSSR count). The molecular formula is C26H23ClN2O3S. The Morgan fingerprint density at radius 2 is 1.70 bits per heavy atom. The number of rotatable bonds is 8. The van der Waals surface area contributed by atoms with Crippen LogP contribution in [-0.2, 0) is 23.0 Å². The number of amides is 1. The van der Waals surface area contributed by atoms with Crippen molar-refractivity contribution in [2.45, 2.75) is 24.0 Å². The van der Waals surface area contributed by atoms with Crippen LogP contribution in [0.3, 0.4) is 0 Å². The van der Waals surface area contributed by atoms with Crippen LogP contribution in [0.25, 0.3) is 11.5 Å². The van der Waals surface area contributed by atoms with Gasteiger partial charge in [0.1, 0.15) is 5.76 Å². The molecule has 4 aromatic rings. The highest BCUT2D eigenvalue weighted by molar-refractivity contribution is 7.84. The van der Waals surface area contributed by atoms with Crippen molar-refractivity contribution < 1.29 is 13.4 Å². The fourth-order valence-electron chi connectivity index (χ4n) is 3.30. The summed E-state index contributed by atoms with van der Waals surface area (Å²) in [4.78, 5) is 17.7. The molecule has 0 aliphatic rings. The van der Waals surface area contributed by atoms with Gasteiger partial charge >= 0.3 is 0 Å². The molecule has 0 aliphatic carbocycles. The van der Waals surface area contributed by atoms with Crippen molar-refractivity contribution in [1.82, 2.24) is 10.3 Å². The van der Waals surface area contributed by atoms with Crippen molar-refractivity contribution in [1.29, 1.82) is 0 Å². The number of benzene rings is 3. The lowest BCUT2D eigenvalue weighted by Gasteiger charge is -2.06. The summed E-state index contributed by atoms with van der Waals surface area (Å²) in [6.45, 7) is 2.35. The highest BCUT2D eigenvalue weighted by atomic mass is 35.5. The number of oxazole rings is 1. The summed E-state index contributed by atoms with van der Waals surface area (Å²) in [7, 11) is -1.20. The van der Waals surface area contributed by atoms with Gasteiger partial charge in [0.05, 0.1) is 22.2 Å². The molecule has 0 aliphatic heterocycles. The lowest BCUT2D eigenvalue weighted by Crippen LogP contribution is -2.25. The molecule has 0 spiro atoms. The zero-order chi connectivity index (χ0) is 23.2. The predicted octanol–water partition coefficient (Wildman–Crippen LogP) is 5.58. The molecule has 1 atom stereocenters. The van der Waals surface area contributed by atoms with Crippen LogP contribution in [0.1, 0.15) is 27.4 Å². The molecule has 1 amide bonds. The van der Waals surface area contributed by atoms with E-state index in [2.05, 4.69) is 10.3 Å². The molecule has 1 aromatic heterocycles. The van der Waals surface area contributed by atoms with Crippen molar-refractivity contribution in [3.63, 3.8) is 0 Å². The van der Waals surface area contributed by atoms with Gasteiger partial charge in [-0.1, -0.05) is 41.9 Å². The minimum absolute atomic E-state index is 0.141. The fourth-order valence-corrected chi connectivity index (χ4v) is 4.57. The number of carbonyl (C=O) groups is 1. The Morgan fingerprint density at radius 1 is 1.00 bits per heavy atom. The maximum Gasteiger partial charge on any atom is 0.251 e. The van der Waals surface area contributed by atoms with Gasteiger partial charge in [-0.25, -0.2) is 4.98 Å². The van der Waals surface area contributed by atoms with Crippen LogP contribution < -0.4 is 5.32 Å². The van der Waals surface area contributed by atoms with E-state index in [0.29, 0.717) is 34.5 Å². The highest BCUT2D eigenvalue weighted by Crippen LogP contribution is 2.24. The van der Waals surface area contributed by atoms with E-state index in [0.717, 1.165) is 22.4 Å². The first-order valence-corrected chi connectivity index (χ1v) is 12.2. The van der Waals surface area contributed by atoms with Crippen molar-refractivity contribution in [3.05, 3.63) is 106 Å². The molecule has 5 nitrogen and oxygen atoms in total. The number of nitrogens with one attached hydrogen (secondary N) is 1. The minimum Gasteiger partial charge on any atom is -0.441 e. The average Bonchev–Trinajstić information content (AvgIpc) is 3.21. The molecule has 0 fully saturated rings. The van der Waals surface area contributed by atoms with Crippen molar-refractivity contribution in [3.8, 4) is 11.5 Å². The number of hydrogen-bond donors (Lipinski definition) is 1. The summed E-state index contributed by atoms with van der Waals surface area (Å²) in [5.74, 6) is 1.23. The van der Waals surface area contributed by atoms with Gasteiger partial charge in [-0.2, -0.15) is 0 Å². The Bertz CT molecular complexity index is 1250. The molecular weight excluding hydrogens is 456 g/mol. The van der Waals surface area contributed by atoms with E-state index in [9.17, 15) is 9.00 Å². The normalized spacial score (nSPS) is 11.8. The third-order valence-corrected chi connectivity index (χ3v) is 6.76. The first-order chi connectivity index (χ1) is 16.0. The van der Waals surface area contributed by atoms with Gasteiger partial charge in [0.25, 0.3) is 5.91 Å². The molecule has 0 saturated heterocycles. The maximum absolute atomic E-state index is 12.6. The number of hydrogen-bond acceptors (Lipinski definition) is 4. The Kier molecular flexibility index (Phi) is 7.37. The minimum atomic E-state index is -1.20. The molecule has 0 bridgehead atoms. The Labute approximate surface area is 200 Å². The third-order valence-electron chi connectivity index (χ3n) is 5.17. The zero-order valence-corrected chi connectivity index (χ0v) is 19.7. The second kappa shape index (κ2) is 10.6. The van der Waals surface area contributed by atoms with Gasteiger partial charge in [0, 0.05) is 27.6 Å². The molecule has 3 aromatic carbocycles. The van der Waals surface area contributed by atoms with Crippen LogP contribution in [0, 0.1) is 6.92 Å². The highest BCUT2D eigenvalue weighted by Gasteiger charge is 2.15. The Hall–Kier alpha value is -3.22. The van der Waals surface area contributed by atoms with Crippen molar-refractivity contribution in [2.75, 3.05) is 6.54 Å².